The number of hydrogen-bond donors (Lipinski definition) is 5. The Morgan fingerprint density at radius 1 is 0.691 bits per heavy atom. The molecule has 2 rings (SSSR count). The fraction of sp³-hybridized carbons (Fsp3) is 0.833. The maximum Gasteiger partial charge on any atom is 0.481 e. The van der Waals surface area contributed by atoms with Crippen LogP contribution in [0.1, 0.15) is 213 Å². The number of unbranched alkanes of at least 4 members (excludes halogenated alkanes) is 25. The number of hydrogen-bond acceptors (Lipinski definition) is 15. The Kier molecular flexibility index (Phi) is 33.8. The summed E-state index contributed by atoms with van der Waals surface area (Å²) in [4.78, 5) is 61.9. The number of ether oxygens (including phenoxy) is 3. The highest BCUT2D eigenvalue weighted by Crippen LogP contribution is 2.60. The standard InChI is InChI=1S/C48H87N3O15P2/c1-3-5-7-9-11-13-15-17-19-21-23-25-27-29-31-33-43(52)61-37-40(64-44(53)34-32-30-28-26-24-22-20-18-16-14-12-10-8-6-4-2)38-62-67(57,58)66-68(59,60)63-39-41-45(54)46(55)47(65-41)51-36-35-42(49)50-48(51)56/h18,20,35-36,40-41,45-47,54-55H,3-17,19,21-34,37-39H2,1-2H3,(H,57,58)(H,59,60)(H2,49,50,56)/b20-18-/t40-,41-,45+,46?,47-/m1/s1. The monoisotopic (exact) mass is 1010 g/mol. The molecular formula is C48H87N3O15P2. The minimum Gasteiger partial charge on any atom is -0.462 e. The van der Waals surface area contributed by atoms with E-state index in [1.54, 1.807) is 0 Å². The summed E-state index contributed by atoms with van der Waals surface area (Å²) in [6, 6.07) is 1.25. The van der Waals surface area contributed by atoms with Crippen LogP contribution in [-0.2, 0) is 46.3 Å². The average Bonchev–Trinajstić information content (AvgIpc) is 3.57. The van der Waals surface area contributed by atoms with Crippen molar-refractivity contribution in [2.75, 3.05) is 25.6 Å². The van der Waals surface area contributed by atoms with E-state index in [-0.39, 0.29) is 18.7 Å². The molecule has 0 amide bonds. The van der Waals surface area contributed by atoms with Crippen LogP contribution in [0.15, 0.2) is 29.2 Å². The van der Waals surface area contributed by atoms with Gasteiger partial charge in [-0.25, -0.2) is 13.9 Å². The summed E-state index contributed by atoms with van der Waals surface area (Å²) in [6.45, 7) is 2.17. The third-order valence-electron chi connectivity index (χ3n) is 11.9. The molecule has 1 saturated heterocycles. The summed E-state index contributed by atoms with van der Waals surface area (Å²) in [5.74, 6) is -1.29. The number of carbonyl (C=O) groups excluding carboxylic acids is 2. The molecule has 0 radical (unpaired) electrons. The molecule has 2 heterocycles. The molecule has 7 atom stereocenters. The molecule has 1 aliphatic rings. The van der Waals surface area contributed by atoms with Crippen molar-refractivity contribution in [2.24, 2.45) is 0 Å². The lowest BCUT2D eigenvalue weighted by atomic mass is 10.0. The molecule has 6 N–H and O–H groups in total. The van der Waals surface area contributed by atoms with Crippen LogP contribution in [0.4, 0.5) is 5.82 Å². The second-order valence-electron chi connectivity index (χ2n) is 18.0. The third kappa shape index (κ3) is 29.6. The zero-order valence-electron chi connectivity index (χ0n) is 41.2. The SMILES string of the molecule is CCCCCCCC/C=C\CCCCCCCC(=O)O[C@H](COC(=O)CCCCCCCCCCCCCCCCC)COP(=O)(O)OP(=O)(O)OC[C@H]1O[C@@H](n2ccc(N)nc2=O)C(O)[C@H]1O. The molecule has 0 aliphatic carbocycles. The number of allylic oxidation sites excluding steroid dienone is 2. The van der Waals surface area contributed by atoms with Crippen LogP contribution in [0.2, 0.25) is 0 Å². The second-order valence-corrected chi connectivity index (χ2v) is 21.1. The average molecular weight is 1010 g/mol. The molecule has 1 aromatic rings. The highest BCUT2D eigenvalue weighted by Gasteiger charge is 2.46. The Hall–Kier alpha value is -2.50. The lowest BCUT2D eigenvalue weighted by molar-refractivity contribution is -0.161. The maximum atomic E-state index is 12.8. The topological polar surface area (TPSA) is 265 Å². The predicted molar refractivity (Wildman–Crippen MR) is 261 cm³/mol. The van der Waals surface area contributed by atoms with Crippen molar-refractivity contribution in [2.45, 2.75) is 237 Å². The predicted octanol–water partition coefficient (Wildman–Crippen LogP) is 10.4. The Balaban J connectivity index is 1.80. The first kappa shape index (κ1) is 61.6. The Morgan fingerprint density at radius 3 is 1.65 bits per heavy atom. The molecular weight excluding hydrogens is 920 g/mol. The smallest absolute Gasteiger partial charge is 0.462 e. The Bertz CT molecular complexity index is 1680. The van der Waals surface area contributed by atoms with Crippen LogP contribution in [0, 0.1) is 0 Å². The molecule has 3 unspecified atom stereocenters. The van der Waals surface area contributed by atoms with E-state index in [1.807, 2.05) is 0 Å². The zero-order valence-corrected chi connectivity index (χ0v) is 43.0. The molecule has 68 heavy (non-hydrogen) atoms. The van der Waals surface area contributed by atoms with Gasteiger partial charge in [-0.1, -0.05) is 167 Å². The number of esters is 2. The largest absolute Gasteiger partial charge is 0.481 e. The number of nitrogens with two attached hydrogens (primary N) is 1. The van der Waals surface area contributed by atoms with E-state index < -0.39 is 83.7 Å². The number of rotatable bonds is 43. The van der Waals surface area contributed by atoms with Crippen molar-refractivity contribution in [1.29, 1.82) is 0 Å². The number of aromatic nitrogens is 2. The first-order valence-electron chi connectivity index (χ1n) is 25.7. The molecule has 20 heteroatoms. The number of aliphatic hydroxyl groups is 2. The van der Waals surface area contributed by atoms with Crippen molar-refractivity contribution in [1.82, 2.24) is 9.55 Å². The fourth-order valence-corrected chi connectivity index (χ4v) is 9.95. The Morgan fingerprint density at radius 2 is 1.15 bits per heavy atom. The van der Waals surface area contributed by atoms with Crippen molar-refractivity contribution in [3.63, 3.8) is 0 Å². The van der Waals surface area contributed by atoms with Crippen LogP contribution in [0.5, 0.6) is 0 Å². The van der Waals surface area contributed by atoms with Gasteiger partial charge in [0, 0.05) is 19.0 Å². The normalized spacial score (nSPS) is 19.5. The van der Waals surface area contributed by atoms with E-state index in [0.717, 1.165) is 68.8 Å². The number of carbonyl (C=O) groups is 2. The van der Waals surface area contributed by atoms with Gasteiger partial charge in [0.25, 0.3) is 0 Å². The van der Waals surface area contributed by atoms with Crippen molar-refractivity contribution in [3.8, 4) is 0 Å². The van der Waals surface area contributed by atoms with Gasteiger partial charge in [0.15, 0.2) is 12.3 Å². The van der Waals surface area contributed by atoms with Gasteiger partial charge >= 0.3 is 33.3 Å². The van der Waals surface area contributed by atoms with Crippen molar-refractivity contribution in [3.05, 3.63) is 34.9 Å². The van der Waals surface area contributed by atoms with Gasteiger partial charge in [-0.05, 0) is 44.6 Å². The molecule has 18 nitrogen and oxygen atoms in total. The molecule has 0 aromatic carbocycles. The van der Waals surface area contributed by atoms with Crippen molar-refractivity contribution >= 4 is 33.4 Å². The number of phosphoric ester groups is 2. The number of anilines is 1. The third-order valence-corrected chi connectivity index (χ3v) is 14.5. The van der Waals surface area contributed by atoms with Crippen LogP contribution in [0.25, 0.3) is 0 Å². The summed E-state index contributed by atoms with van der Waals surface area (Å²) in [6.07, 6.45) is 30.0. The summed E-state index contributed by atoms with van der Waals surface area (Å²) < 4.78 is 56.8. The van der Waals surface area contributed by atoms with Crippen LogP contribution in [-0.4, -0.2) is 85.7 Å². The lowest BCUT2D eigenvalue weighted by Gasteiger charge is -2.21. The van der Waals surface area contributed by atoms with Crippen molar-refractivity contribution < 1.29 is 66.3 Å². The quantitative estimate of drug-likeness (QED) is 0.0176. The van der Waals surface area contributed by atoms with Gasteiger partial charge in [0.05, 0.1) is 13.2 Å². The van der Waals surface area contributed by atoms with Gasteiger partial charge in [0.1, 0.15) is 30.7 Å². The first-order valence-corrected chi connectivity index (χ1v) is 28.7. The van der Waals surface area contributed by atoms with E-state index in [2.05, 4.69) is 35.3 Å². The summed E-state index contributed by atoms with van der Waals surface area (Å²) in [7, 11) is -10.8. The zero-order chi connectivity index (χ0) is 49.9. The molecule has 0 spiro atoms. The molecule has 1 fully saturated rings. The number of nitrogens with zero attached hydrogens (tertiary/aromatic N) is 2. The van der Waals surface area contributed by atoms with Gasteiger partial charge in [-0.2, -0.15) is 9.29 Å². The Labute approximate surface area is 405 Å². The molecule has 1 aromatic heterocycles. The molecule has 1 aliphatic heterocycles. The molecule has 0 bridgehead atoms. The van der Waals surface area contributed by atoms with E-state index in [9.17, 15) is 43.5 Å². The van der Waals surface area contributed by atoms with Crippen LogP contribution >= 0.6 is 15.6 Å². The summed E-state index contributed by atoms with van der Waals surface area (Å²) in [5, 5.41) is 20.9. The van der Waals surface area contributed by atoms with E-state index in [0.29, 0.717) is 12.8 Å². The summed E-state index contributed by atoms with van der Waals surface area (Å²) in [5.41, 5.74) is 4.59. The number of phosphoric acid groups is 2. The minimum atomic E-state index is -5.42. The van der Waals surface area contributed by atoms with Gasteiger partial charge in [-0.15, -0.1) is 0 Å². The summed E-state index contributed by atoms with van der Waals surface area (Å²) >= 11 is 0. The minimum absolute atomic E-state index is 0.0445. The second kappa shape index (κ2) is 37.3. The van der Waals surface area contributed by atoms with E-state index >= 15 is 0 Å². The van der Waals surface area contributed by atoms with Gasteiger partial charge in [-0.3, -0.25) is 23.2 Å². The van der Waals surface area contributed by atoms with E-state index in [1.165, 1.54) is 115 Å². The van der Waals surface area contributed by atoms with Gasteiger partial charge < -0.3 is 39.9 Å². The molecule has 0 saturated carbocycles. The lowest BCUT2D eigenvalue weighted by Crippen LogP contribution is -2.36. The van der Waals surface area contributed by atoms with Crippen LogP contribution in [0.3, 0.4) is 0 Å². The fourth-order valence-electron chi connectivity index (χ4n) is 7.84. The maximum absolute atomic E-state index is 12.8. The highest BCUT2D eigenvalue weighted by atomic mass is 31.3. The highest BCUT2D eigenvalue weighted by molar-refractivity contribution is 7.61. The van der Waals surface area contributed by atoms with Gasteiger partial charge in [0.2, 0.25) is 0 Å². The number of nitrogen functional groups attached to an aromatic ring is 1. The number of aliphatic hydroxyl groups excluding tert-OH is 2. The first-order chi connectivity index (χ1) is 32.7. The molecule has 394 valence electrons. The van der Waals surface area contributed by atoms with Crippen LogP contribution < -0.4 is 11.4 Å². The van der Waals surface area contributed by atoms with E-state index in [4.69, 9.17) is 29.0 Å².